The average Bonchev–Trinajstić information content (AvgIpc) is 2.35. The summed E-state index contributed by atoms with van der Waals surface area (Å²) in [6.45, 7) is -1.03. The minimum Gasteiger partial charge on any atom is -0.478 e. The zero-order valence-corrected chi connectivity index (χ0v) is 10.6. The maximum absolute atomic E-state index is 13.4. The maximum Gasteiger partial charge on any atom is 0.335 e. The third kappa shape index (κ3) is 3.92. The quantitative estimate of drug-likeness (QED) is 0.706. The normalized spacial score (nSPS) is 13.4. The van der Waals surface area contributed by atoms with Gasteiger partial charge in [-0.05, 0) is 18.2 Å². The molecule has 0 saturated heterocycles. The molecule has 0 aromatic heterocycles. The Balaban J connectivity index is 3.03. The van der Waals surface area contributed by atoms with Gasteiger partial charge in [-0.15, -0.1) is 0 Å². The van der Waals surface area contributed by atoms with E-state index in [1.807, 2.05) is 0 Å². The summed E-state index contributed by atoms with van der Waals surface area (Å²) in [4.78, 5) is 9.67. The number of nitrogens with one attached hydrogen (secondary N) is 1. The van der Waals surface area contributed by atoms with Crippen LogP contribution in [0.15, 0.2) is 23.1 Å². The second-order valence-corrected chi connectivity index (χ2v) is 5.44. The number of aliphatic hydroxyl groups excluding tert-OH is 1. The van der Waals surface area contributed by atoms with Crippen molar-refractivity contribution in [3.05, 3.63) is 29.6 Å². The van der Waals surface area contributed by atoms with Gasteiger partial charge in [0.1, 0.15) is 16.8 Å². The van der Waals surface area contributed by atoms with Crippen LogP contribution in [0.1, 0.15) is 10.4 Å². The molecule has 0 aliphatic carbocycles. The first-order valence-corrected chi connectivity index (χ1v) is 6.62. The van der Waals surface area contributed by atoms with E-state index in [9.17, 15) is 26.4 Å². The molecule has 0 aliphatic heterocycles. The van der Waals surface area contributed by atoms with E-state index in [0.29, 0.717) is 12.1 Å². The molecule has 0 heterocycles. The van der Waals surface area contributed by atoms with Gasteiger partial charge >= 0.3 is 5.97 Å². The number of benzene rings is 1. The van der Waals surface area contributed by atoms with Crippen LogP contribution in [-0.2, 0) is 10.0 Å². The van der Waals surface area contributed by atoms with Crippen molar-refractivity contribution in [3.8, 4) is 0 Å². The van der Waals surface area contributed by atoms with Gasteiger partial charge in [0.05, 0.1) is 5.56 Å². The van der Waals surface area contributed by atoms with Crippen LogP contribution in [0.2, 0.25) is 0 Å². The first-order chi connectivity index (χ1) is 9.15. The molecule has 20 heavy (non-hydrogen) atoms. The molecule has 1 aromatic rings. The molecule has 3 N–H and O–H groups in total. The van der Waals surface area contributed by atoms with Crippen molar-refractivity contribution in [2.24, 2.45) is 0 Å². The number of hydrogen-bond donors (Lipinski definition) is 3. The summed E-state index contributed by atoms with van der Waals surface area (Å²) in [5.41, 5.74) is -0.485. The lowest BCUT2D eigenvalue weighted by molar-refractivity contribution is -0.000456. The molecule has 6 nitrogen and oxygen atoms in total. The van der Waals surface area contributed by atoms with E-state index < -0.39 is 51.3 Å². The number of halogens is 3. The molecule has 0 bridgehead atoms. The van der Waals surface area contributed by atoms with Crippen molar-refractivity contribution in [2.75, 3.05) is 6.54 Å². The van der Waals surface area contributed by atoms with E-state index in [2.05, 4.69) is 0 Å². The molecule has 1 atom stereocenters. The highest BCUT2D eigenvalue weighted by atomic mass is 32.2. The fourth-order valence-electron chi connectivity index (χ4n) is 1.20. The van der Waals surface area contributed by atoms with Crippen LogP contribution in [0, 0.1) is 5.82 Å². The van der Waals surface area contributed by atoms with E-state index in [0.717, 1.165) is 6.07 Å². The number of sulfonamides is 1. The SMILES string of the molecule is O=C(O)c1ccc(F)c(S(=O)(=O)NCC(O)C(F)F)c1. The summed E-state index contributed by atoms with van der Waals surface area (Å²) < 4.78 is 62.3. The molecule has 0 amide bonds. The zero-order chi connectivity index (χ0) is 15.5. The predicted octanol–water partition coefficient (Wildman–Crippen LogP) is 0.428. The Morgan fingerprint density at radius 2 is 1.95 bits per heavy atom. The second-order valence-electron chi connectivity index (χ2n) is 3.70. The van der Waals surface area contributed by atoms with Gasteiger partial charge in [-0.3, -0.25) is 0 Å². The predicted molar refractivity (Wildman–Crippen MR) is 60.6 cm³/mol. The minimum atomic E-state index is -4.56. The van der Waals surface area contributed by atoms with Crippen molar-refractivity contribution in [3.63, 3.8) is 0 Å². The molecule has 10 heteroatoms. The highest BCUT2D eigenvalue weighted by Crippen LogP contribution is 2.16. The van der Waals surface area contributed by atoms with Crippen molar-refractivity contribution in [2.45, 2.75) is 17.4 Å². The lowest BCUT2D eigenvalue weighted by Gasteiger charge is -2.12. The fraction of sp³-hybridized carbons (Fsp3) is 0.300. The molecule has 0 radical (unpaired) electrons. The largest absolute Gasteiger partial charge is 0.478 e. The Kier molecular flexibility index (Phi) is 5.09. The van der Waals surface area contributed by atoms with Gasteiger partial charge in [0, 0.05) is 6.54 Å². The van der Waals surface area contributed by atoms with E-state index in [-0.39, 0.29) is 0 Å². The molecule has 112 valence electrons. The second kappa shape index (κ2) is 6.20. The Labute approximate surface area is 111 Å². The standard InChI is InChI=1S/C10H10F3NO5S/c11-6-2-1-5(10(16)17)3-8(6)20(18,19)14-4-7(15)9(12)13/h1-3,7,9,14-15H,4H2,(H,16,17). The Bertz CT molecular complexity index is 605. The van der Waals surface area contributed by atoms with Gasteiger partial charge in [-0.25, -0.2) is 31.1 Å². The van der Waals surface area contributed by atoms with Crippen LogP contribution in [0.5, 0.6) is 0 Å². The van der Waals surface area contributed by atoms with Crippen LogP contribution < -0.4 is 4.72 Å². The number of carboxylic acid groups (broad SMARTS) is 1. The lowest BCUT2D eigenvalue weighted by Crippen LogP contribution is -2.36. The molecular weight excluding hydrogens is 303 g/mol. The van der Waals surface area contributed by atoms with Crippen LogP contribution in [-0.4, -0.2) is 43.7 Å². The molecule has 0 spiro atoms. The number of rotatable bonds is 6. The van der Waals surface area contributed by atoms with Crippen LogP contribution in [0.4, 0.5) is 13.2 Å². The smallest absolute Gasteiger partial charge is 0.335 e. The molecule has 1 unspecified atom stereocenters. The van der Waals surface area contributed by atoms with Gasteiger partial charge in [0.15, 0.2) is 0 Å². The molecule has 1 rings (SSSR count). The van der Waals surface area contributed by atoms with Gasteiger partial charge in [-0.2, -0.15) is 0 Å². The minimum absolute atomic E-state index is 0.485. The summed E-state index contributed by atoms with van der Waals surface area (Å²) in [6.07, 6.45) is -5.43. The Morgan fingerprint density at radius 3 is 2.45 bits per heavy atom. The van der Waals surface area contributed by atoms with E-state index in [4.69, 9.17) is 10.2 Å². The lowest BCUT2D eigenvalue weighted by atomic mass is 10.2. The van der Waals surface area contributed by atoms with E-state index in [1.54, 1.807) is 4.72 Å². The zero-order valence-electron chi connectivity index (χ0n) is 9.76. The molecule has 1 aromatic carbocycles. The highest BCUT2D eigenvalue weighted by Gasteiger charge is 2.24. The van der Waals surface area contributed by atoms with E-state index >= 15 is 0 Å². The molecular formula is C10H10F3NO5S. The van der Waals surface area contributed by atoms with Crippen LogP contribution >= 0.6 is 0 Å². The topological polar surface area (TPSA) is 104 Å². The molecule has 0 aliphatic rings. The van der Waals surface area contributed by atoms with Crippen molar-refractivity contribution < 1.29 is 36.6 Å². The number of carbonyl (C=O) groups is 1. The van der Waals surface area contributed by atoms with Gasteiger partial charge < -0.3 is 10.2 Å². The maximum atomic E-state index is 13.4. The third-order valence-electron chi connectivity index (χ3n) is 2.24. The van der Waals surface area contributed by atoms with Crippen LogP contribution in [0.3, 0.4) is 0 Å². The third-order valence-corrected chi connectivity index (χ3v) is 3.68. The average molecular weight is 313 g/mol. The Morgan fingerprint density at radius 1 is 1.35 bits per heavy atom. The molecule has 0 saturated carbocycles. The van der Waals surface area contributed by atoms with Gasteiger partial charge in [0.25, 0.3) is 6.43 Å². The molecule has 0 fully saturated rings. The highest BCUT2D eigenvalue weighted by molar-refractivity contribution is 7.89. The first kappa shape index (κ1) is 16.4. The van der Waals surface area contributed by atoms with Gasteiger partial charge in [-0.1, -0.05) is 0 Å². The first-order valence-electron chi connectivity index (χ1n) is 5.14. The fourth-order valence-corrected chi connectivity index (χ4v) is 2.36. The summed E-state index contributed by atoms with van der Waals surface area (Å²) in [6, 6.07) is 2.03. The summed E-state index contributed by atoms with van der Waals surface area (Å²) in [5.74, 6) is -2.72. The monoisotopic (exact) mass is 313 g/mol. The number of carboxylic acids is 1. The summed E-state index contributed by atoms with van der Waals surface area (Å²) in [5, 5.41) is 17.5. The number of alkyl halides is 2. The number of aliphatic hydroxyl groups is 1. The van der Waals surface area contributed by atoms with E-state index in [1.165, 1.54) is 0 Å². The summed E-state index contributed by atoms with van der Waals surface area (Å²) >= 11 is 0. The van der Waals surface area contributed by atoms with Crippen LogP contribution in [0.25, 0.3) is 0 Å². The van der Waals surface area contributed by atoms with Crippen molar-refractivity contribution in [1.29, 1.82) is 0 Å². The Hall–Kier alpha value is -1.65. The van der Waals surface area contributed by atoms with Crippen molar-refractivity contribution >= 4 is 16.0 Å². The van der Waals surface area contributed by atoms with Crippen molar-refractivity contribution in [1.82, 2.24) is 4.72 Å². The van der Waals surface area contributed by atoms with Gasteiger partial charge in [0.2, 0.25) is 10.0 Å². The summed E-state index contributed by atoms with van der Waals surface area (Å²) in [7, 11) is -4.56. The number of hydrogen-bond acceptors (Lipinski definition) is 4. The number of aromatic carboxylic acids is 1.